The number of rotatable bonds is 6. The van der Waals surface area contributed by atoms with E-state index in [1.54, 1.807) is 12.4 Å². The third-order valence-electron chi connectivity index (χ3n) is 5.85. The smallest absolute Gasteiger partial charge is 0.155 e. The van der Waals surface area contributed by atoms with Crippen LogP contribution in [0.4, 0.5) is 0 Å². The van der Waals surface area contributed by atoms with Gasteiger partial charge < -0.3 is 23.9 Å². The molecule has 0 spiro atoms. The lowest BCUT2D eigenvalue weighted by Crippen LogP contribution is -2.35. The molecule has 9 heteroatoms. The predicted octanol–water partition coefficient (Wildman–Crippen LogP) is 3.29. The van der Waals surface area contributed by atoms with Gasteiger partial charge in [0.25, 0.3) is 0 Å². The van der Waals surface area contributed by atoms with E-state index in [1.165, 1.54) is 0 Å². The average molecular weight is 457 g/mol. The quantitative estimate of drug-likeness (QED) is 0.341. The number of hydrogen-bond acceptors (Lipinski definition) is 7. The number of nitrogens with zero attached hydrogens (tertiary/aromatic N) is 4. The topological polar surface area (TPSA) is 95.7 Å². The van der Waals surface area contributed by atoms with Crippen molar-refractivity contribution in [3.05, 3.63) is 60.3 Å². The molecule has 32 heavy (non-hydrogen) atoms. The maximum Gasteiger partial charge on any atom is 0.155 e. The van der Waals surface area contributed by atoms with E-state index in [0.29, 0.717) is 40.1 Å². The summed E-state index contributed by atoms with van der Waals surface area (Å²) in [6.07, 6.45) is 5.79. The zero-order valence-electron chi connectivity index (χ0n) is 17.4. The molecule has 1 aromatic carbocycles. The van der Waals surface area contributed by atoms with Gasteiger partial charge in [0.2, 0.25) is 0 Å². The highest BCUT2D eigenvalue weighted by Gasteiger charge is 2.23. The van der Waals surface area contributed by atoms with Gasteiger partial charge in [0.15, 0.2) is 5.76 Å². The monoisotopic (exact) mass is 456 g/mol. The first-order valence-corrected chi connectivity index (χ1v) is 10.4. The Labute approximate surface area is 190 Å². The number of ether oxygens (including phenoxy) is 1. The third-order valence-corrected chi connectivity index (χ3v) is 5.85. The largest absolute Gasteiger partial charge is 0.492 e. The molecule has 5 rings (SSSR count). The van der Waals surface area contributed by atoms with Crippen LogP contribution < -0.4 is 10.1 Å². The SMILES string of the molecule is Cl.OC[C@@H]1CCCN1CCOc1ccc2oc(-c3cc4cccn4cn3)cc(=NO)c2c1. The van der Waals surface area contributed by atoms with Gasteiger partial charge in [-0.25, -0.2) is 4.98 Å². The van der Waals surface area contributed by atoms with Crippen molar-refractivity contribution in [2.75, 3.05) is 26.3 Å². The van der Waals surface area contributed by atoms with Gasteiger partial charge in [0.1, 0.15) is 29.0 Å². The molecule has 0 amide bonds. The van der Waals surface area contributed by atoms with E-state index in [9.17, 15) is 10.3 Å². The first-order chi connectivity index (χ1) is 15.2. The third kappa shape index (κ3) is 4.29. The molecule has 1 aliphatic rings. The fraction of sp³-hybridized carbons (Fsp3) is 0.304. The van der Waals surface area contributed by atoms with Crippen molar-refractivity contribution >= 4 is 28.9 Å². The molecule has 2 N–H and O–H groups in total. The van der Waals surface area contributed by atoms with Gasteiger partial charge in [0.05, 0.1) is 18.3 Å². The summed E-state index contributed by atoms with van der Waals surface area (Å²) < 4.78 is 13.9. The Morgan fingerprint density at radius 2 is 2.12 bits per heavy atom. The van der Waals surface area contributed by atoms with Crippen LogP contribution in [0.2, 0.25) is 0 Å². The van der Waals surface area contributed by atoms with E-state index in [0.717, 1.165) is 31.4 Å². The van der Waals surface area contributed by atoms with E-state index in [4.69, 9.17) is 9.15 Å². The average Bonchev–Trinajstić information content (AvgIpc) is 3.46. The lowest BCUT2D eigenvalue weighted by atomic mass is 10.2. The van der Waals surface area contributed by atoms with Crippen LogP contribution in [0.25, 0.3) is 27.9 Å². The molecule has 8 nitrogen and oxygen atoms in total. The van der Waals surface area contributed by atoms with Crippen molar-refractivity contribution in [2.24, 2.45) is 5.16 Å². The second kappa shape index (κ2) is 9.60. The molecule has 0 radical (unpaired) electrons. The summed E-state index contributed by atoms with van der Waals surface area (Å²) in [6, 6.07) is 13.2. The Morgan fingerprint density at radius 3 is 2.97 bits per heavy atom. The van der Waals surface area contributed by atoms with E-state index in [-0.39, 0.29) is 25.1 Å². The van der Waals surface area contributed by atoms with Crippen LogP contribution >= 0.6 is 12.4 Å². The molecule has 1 saturated heterocycles. The molecule has 1 aliphatic heterocycles. The fourth-order valence-corrected chi connectivity index (χ4v) is 4.19. The summed E-state index contributed by atoms with van der Waals surface area (Å²) >= 11 is 0. The number of likely N-dealkylation sites (tertiary alicyclic amines) is 1. The van der Waals surface area contributed by atoms with E-state index < -0.39 is 0 Å². The lowest BCUT2D eigenvalue weighted by Gasteiger charge is -2.22. The van der Waals surface area contributed by atoms with E-state index in [1.807, 2.05) is 47.0 Å². The number of benzene rings is 1. The number of halogens is 1. The van der Waals surface area contributed by atoms with Crippen molar-refractivity contribution in [2.45, 2.75) is 18.9 Å². The van der Waals surface area contributed by atoms with Crippen LogP contribution in [-0.2, 0) is 0 Å². The Hall–Kier alpha value is -3.07. The molecular weight excluding hydrogens is 432 g/mol. The lowest BCUT2D eigenvalue weighted by molar-refractivity contribution is 0.139. The summed E-state index contributed by atoms with van der Waals surface area (Å²) in [6.45, 7) is 2.46. The molecule has 3 aromatic heterocycles. The summed E-state index contributed by atoms with van der Waals surface area (Å²) in [5, 5.41) is 23.5. The summed E-state index contributed by atoms with van der Waals surface area (Å²) in [5.74, 6) is 1.19. The maximum absolute atomic E-state index is 9.60. The van der Waals surface area contributed by atoms with Crippen molar-refractivity contribution in [1.82, 2.24) is 14.3 Å². The zero-order valence-corrected chi connectivity index (χ0v) is 18.2. The number of fused-ring (bicyclic) bond motifs is 2. The minimum atomic E-state index is 0. The zero-order chi connectivity index (χ0) is 21.2. The number of hydrogen-bond donors (Lipinski definition) is 2. The van der Waals surface area contributed by atoms with Crippen molar-refractivity contribution in [3.8, 4) is 17.2 Å². The molecule has 0 bridgehead atoms. The highest BCUT2D eigenvalue weighted by molar-refractivity contribution is 5.85. The normalized spacial score (nSPS) is 17.2. The molecular formula is C23H25ClN4O4. The van der Waals surface area contributed by atoms with E-state index >= 15 is 0 Å². The van der Waals surface area contributed by atoms with Gasteiger partial charge in [-0.15, -0.1) is 12.4 Å². The summed E-state index contributed by atoms with van der Waals surface area (Å²) in [4.78, 5) is 6.70. The highest BCUT2D eigenvalue weighted by Crippen LogP contribution is 2.25. The highest BCUT2D eigenvalue weighted by atomic mass is 35.5. The molecule has 1 atom stereocenters. The van der Waals surface area contributed by atoms with Crippen molar-refractivity contribution < 1.29 is 19.5 Å². The van der Waals surface area contributed by atoms with E-state index in [2.05, 4.69) is 15.0 Å². The van der Waals surface area contributed by atoms with Crippen LogP contribution in [0.15, 0.2) is 64.6 Å². The van der Waals surface area contributed by atoms with Gasteiger partial charge in [-0.2, -0.15) is 0 Å². The molecule has 168 valence electrons. The molecule has 0 saturated carbocycles. The minimum Gasteiger partial charge on any atom is -0.492 e. The Balaban J connectivity index is 0.00000245. The van der Waals surface area contributed by atoms with Gasteiger partial charge in [-0.3, -0.25) is 4.90 Å². The number of aromatic nitrogens is 2. The maximum atomic E-state index is 9.60. The van der Waals surface area contributed by atoms with Gasteiger partial charge in [-0.05, 0) is 55.8 Å². The molecule has 0 unspecified atom stereocenters. The van der Waals surface area contributed by atoms with Gasteiger partial charge >= 0.3 is 0 Å². The second-order valence-electron chi connectivity index (χ2n) is 7.73. The number of aliphatic hydroxyl groups is 1. The first kappa shape index (κ1) is 22.1. The predicted molar refractivity (Wildman–Crippen MR) is 122 cm³/mol. The van der Waals surface area contributed by atoms with Crippen LogP contribution in [0, 0.1) is 0 Å². The van der Waals surface area contributed by atoms with Crippen molar-refractivity contribution in [1.29, 1.82) is 0 Å². The minimum absolute atomic E-state index is 0. The van der Waals surface area contributed by atoms with Crippen LogP contribution in [0.1, 0.15) is 12.8 Å². The Kier molecular flexibility index (Phi) is 6.64. The van der Waals surface area contributed by atoms with Crippen LogP contribution in [0.3, 0.4) is 0 Å². The second-order valence-corrected chi connectivity index (χ2v) is 7.73. The summed E-state index contributed by atoms with van der Waals surface area (Å²) in [5.41, 5.74) is 2.23. The van der Waals surface area contributed by atoms with Gasteiger partial charge in [-0.1, -0.05) is 5.16 Å². The molecule has 4 aromatic rings. The van der Waals surface area contributed by atoms with Crippen LogP contribution in [-0.4, -0.2) is 56.9 Å². The Morgan fingerprint density at radius 1 is 1.22 bits per heavy atom. The molecule has 0 aliphatic carbocycles. The Bertz CT molecular complexity index is 1290. The van der Waals surface area contributed by atoms with Crippen LogP contribution in [0.5, 0.6) is 5.75 Å². The fourth-order valence-electron chi connectivity index (χ4n) is 4.19. The summed E-state index contributed by atoms with van der Waals surface area (Å²) in [7, 11) is 0. The standard InChI is InChI=1S/C23H24N4O4.ClH/c28-14-17-4-2-7-26(17)9-10-30-18-5-6-22-19(12-18)20(25-29)13-23(31-22)21-11-16-3-1-8-27(16)15-24-21;/h1,3,5-6,8,11-13,15,17,28-29H,2,4,7,9-10,14H2;1H/t17-;/m0./s1. The first-order valence-electron chi connectivity index (χ1n) is 10.4. The molecule has 4 heterocycles. The number of aliphatic hydroxyl groups excluding tert-OH is 1. The van der Waals surface area contributed by atoms with Crippen molar-refractivity contribution in [3.63, 3.8) is 0 Å². The molecule has 1 fully saturated rings. The van der Waals surface area contributed by atoms with Gasteiger partial charge in [0, 0.05) is 30.4 Å².